The molecule has 1 saturated heterocycles. The summed E-state index contributed by atoms with van der Waals surface area (Å²) in [6.07, 6.45) is 2.92. The highest BCUT2D eigenvalue weighted by atomic mass is 35.5. The quantitative estimate of drug-likeness (QED) is 0.708. The van der Waals surface area contributed by atoms with Crippen LogP contribution in [-0.4, -0.2) is 49.4 Å². The van der Waals surface area contributed by atoms with Gasteiger partial charge in [0.15, 0.2) is 11.5 Å². The molecule has 1 aliphatic heterocycles. The number of aryl methyl sites for hydroxylation is 1. The number of rotatable bonds is 8. The summed E-state index contributed by atoms with van der Waals surface area (Å²) < 4.78 is 15.7. The molecule has 1 amide bonds. The summed E-state index contributed by atoms with van der Waals surface area (Å²) >= 11 is 6.21. The molecular formula is C18H23ClN4O4. The lowest BCUT2D eigenvalue weighted by Crippen LogP contribution is -2.37. The standard InChI is InChI=1S/C18H23ClN4O4/c1-25-14-9-11(8-13(19)17(14)26-2)18-22-16(27-23-18)6-5-15(24)21-10-12-4-3-7-20-12/h8-9,12,20H,3-7,10H2,1-2H3,(H,21,24). The highest BCUT2D eigenvalue weighted by molar-refractivity contribution is 6.32. The molecule has 146 valence electrons. The fourth-order valence-electron chi connectivity index (χ4n) is 3.00. The van der Waals surface area contributed by atoms with Gasteiger partial charge in [-0.25, -0.2) is 0 Å². The van der Waals surface area contributed by atoms with Gasteiger partial charge < -0.3 is 24.6 Å². The van der Waals surface area contributed by atoms with Crippen LogP contribution in [0.2, 0.25) is 5.02 Å². The molecule has 1 aromatic carbocycles. The topological polar surface area (TPSA) is 98.5 Å². The zero-order valence-corrected chi connectivity index (χ0v) is 16.1. The molecule has 2 aromatic rings. The van der Waals surface area contributed by atoms with Gasteiger partial charge in [0.1, 0.15) is 0 Å². The molecule has 1 unspecified atom stereocenters. The number of nitrogens with one attached hydrogen (secondary N) is 2. The minimum atomic E-state index is -0.0300. The summed E-state index contributed by atoms with van der Waals surface area (Å²) in [5.41, 5.74) is 0.643. The van der Waals surface area contributed by atoms with Crippen LogP contribution in [0, 0.1) is 0 Å². The van der Waals surface area contributed by atoms with Crippen molar-refractivity contribution < 1.29 is 18.8 Å². The number of ether oxygens (including phenoxy) is 2. The summed E-state index contributed by atoms with van der Waals surface area (Å²) in [5, 5.41) is 10.6. The third-order valence-electron chi connectivity index (χ3n) is 4.43. The first kappa shape index (κ1) is 19.4. The molecule has 27 heavy (non-hydrogen) atoms. The van der Waals surface area contributed by atoms with E-state index in [1.54, 1.807) is 12.1 Å². The SMILES string of the molecule is COc1cc(-c2noc(CCC(=O)NCC3CCCN3)n2)cc(Cl)c1OC. The van der Waals surface area contributed by atoms with E-state index >= 15 is 0 Å². The van der Waals surface area contributed by atoms with Gasteiger partial charge >= 0.3 is 0 Å². The smallest absolute Gasteiger partial charge is 0.227 e. The van der Waals surface area contributed by atoms with Gasteiger partial charge in [0.25, 0.3) is 0 Å². The van der Waals surface area contributed by atoms with Crippen LogP contribution in [0.25, 0.3) is 11.4 Å². The molecule has 8 nitrogen and oxygen atoms in total. The van der Waals surface area contributed by atoms with E-state index in [-0.39, 0.29) is 5.91 Å². The molecule has 0 spiro atoms. The van der Waals surface area contributed by atoms with Crippen molar-refractivity contribution in [3.63, 3.8) is 0 Å². The third kappa shape index (κ3) is 4.90. The van der Waals surface area contributed by atoms with Crippen molar-refractivity contribution in [2.75, 3.05) is 27.3 Å². The van der Waals surface area contributed by atoms with Gasteiger partial charge in [-0.1, -0.05) is 16.8 Å². The molecule has 1 fully saturated rings. The van der Waals surface area contributed by atoms with Crippen LogP contribution < -0.4 is 20.1 Å². The fraction of sp³-hybridized carbons (Fsp3) is 0.500. The Morgan fingerprint density at radius 3 is 2.96 bits per heavy atom. The molecule has 0 saturated carbocycles. The lowest BCUT2D eigenvalue weighted by atomic mass is 10.2. The molecule has 2 N–H and O–H groups in total. The van der Waals surface area contributed by atoms with Crippen molar-refractivity contribution in [2.45, 2.75) is 31.7 Å². The van der Waals surface area contributed by atoms with E-state index in [4.69, 9.17) is 25.6 Å². The normalized spacial score (nSPS) is 16.3. The van der Waals surface area contributed by atoms with E-state index in [2.05, 4.69) is 20.8 Å². The van der Waals surface area contributed by atoms with Crippen LogP contribution in [0.15, 0.2) is 16.7 Å². The van der Waals surface area contributed by atoms with Crippen molar-refractivity contribution in [3.05, 3.63) is 23.0 Å². The maximum Gasteiger partial charge on any atom is 0.227 e. The minimum Gasteiger partial charge on any atom is -0.493 e. The first-order valence-corrected chi connectivity index (χ1v) is 9.23. The predicted octanol–water partition coefficient (Wildman–Crippen LogP) is 2.21. The van der Waals surface area contributed by atoms with Gasteiger partial charge in [0, 0.05) is 31.0 Å². The Morgan fingerprint density at radius 1 is 1.41 bits per heavy atom. The van der Waals surface area contributed by atoms with Gasteiger partial charge in [0.2, 0.25) is 17.6 Å². The average Bonchev–Trinajstić information content (AvgIpc) is 3.35. The zero-order valence-electron chi connectivity index (χ0n) is 15.4. The van der Waals surface area contributed by atoms with E-state index in [0.29, 0.717) is 59.2 Å². The Hall–Kier alpha value is -2.32. The highest BCUT2D eigenvalue weighted by Gasteiger charge is 2.17. The second-order valence-electron chi connectivity index (χ2n) is 6.30. The Labute approximate surface area is 162 Å². The second-order valence-corrected chi connectivity index (χ2v) is 6.71. The number of nitrogens with zero attached hydrogens (tertiary/aromatic N) is 2. The molecule has 1 aromatic heterocycles. The van der Waals surface area contributed by atoms with Crippen molar-refractivity contribution in [3.8, 4) is 22.9 Å². The summed E-state index contributed by atoms with van der Waals surface area (Å²) in [6.45, 7) is 1.67. The van der Waals surface area contributed by atoms with Crippen molar-refractivity contribution in [1.82, 2.24) is 20.8 Å². The summed E-state index contributed by atoms with van der Waals surface area (Å²) in [6, 6.07) is 3.78. The summed E-state index contributed by atoms with van der Waals surface area (Å²) in [4.78, 5) is 16.3. The van der Waals surface area contributed by atoms with Crippen molar-refractivity contribution in [2.24, 2.45) is 0 Å². The molecule has 2 heterocycles. The number of benzene rings is 1. The Kier molecular flexibility index (Phi) is 6.52. The Bertz CT molecular complexity index is 790. The minimum absolute atomic E-state index is 0.0300. The number of aromatic nitrogens is 2. The first-order valence-electron chi connectivity index (χ1n) is 8.85. The van der Waals surface area contributed by atoms with Crippen LogP contribution in [-0.2, 0) is 11.2 Å². The molecule has 0 radical (unpaired) electrons. The number of carbonyl (C=O) groups is 1. The molecule has 9 heteroatoms. The van der Waals surface area contributed by atoms with Gasteiger partial charge in [-0.2, -0.15) is 4.98 Å². The third-order valence-corrected chi connectivity index (χ3v) is 4.71. The molecule has 0 aliphatic carbocycles. The molecule has 3 rings (SSSR count). The number of hydrogen-bond acceptors (Lipinski definition) is 7. The maximum atomic E-state index is 12.0. The summed E-state index contributed by atoms with van der Waals surface area (Å²) in [5.74, 6) is 1.66. The van der Waals surface area contributed by atoms with Crippen molar-refractivity contribution >= 4 is 17.5 Å². The lowest BCUT2D eigenvalue weighted by molar-refractivity contribution is -0.121. The van der Waals surface area contributed by atoms with Gasteiger partial charge in [0.05, 0.1) is 19.2 Å². The molecule has 1 atom stereocenters. The Morgan fingerprint density at radius 2 is 2.26 bits per heavy atom. The number of halogens is 1. The summed E-state index contributed by atoms with van der Waals surface area (Å²) in [7, 11) is 3.04. The Balaban J connectivity index is 1.58. The van der Waals surface area contributed by atoms with Gasteiger partial charge in [-0.05, 0) is 31.5 Å². The fourth-order valence-corrected chi connectivity index (χ4v) is 3.29. The van der Waals surface area contributed by atoms with Crippen LogP contribution in [0.1, 0.15) is 25.2 Å². The van der Waals surface area contributed by atoms with E-state index in [1.807, 2.05) is 0 Å². The predicted molar refractivity (Wildman–Crippen MR) is 100 cm³/mol. The van der Waals surface area contributed by atoms with E-state index in [9.17, 15) is 4.79 Å². The van der Waals surface area contributed by atoms with E-state index in [0.717, 1.165) is 19.4 Å². The number of amides is 1. The zero-order chi connectivity index (χ0) is 19.2. The molecule has 0 bridgehead atoms. The van der Waals surface area contributed by atoms with Crippen LogP contribution >= 0.6 is 11.6 Å². The van der Waals surface area contributed by atoms with Crippen molar-refractivity contribution in [1.29, 1.82) is 0 Å². The van der Waals surface area contributed by atoms with Crippen LogP contribution in [0.3, 0.4) is 0 Å². The van der Waals surface area contributed by atoms with Crippen LogP contribution in [0.5, 0.6) is 11.5 Å². The van der Waals surface area contributed by atoms with E-state index in [1.165, 1.54) is 14.2 Å². The van der Waals surface area contributed by atoms with Crippen LogP contribution in [0.4, 0.5) is 0 Å². The second kappa shape index (κ2) is 9.05. The average molecular weight is 395 g/mol. The highest BCUT2D eigenvalue weighted by Crippen LogP contribution is 2.38. The number of methoxy groups -OCH3 is 2. The first-order chi connectivity index (χ1) is 13.1. The van der Waals surface area contributed by atoms with E-state index < -0.39 is 0 Å². The number of hydrogen-bond donors (Lipinski definition) is 2. The lowest BCUT2D eigenvalue weighted by Gasteiger charge is -2.10. The van der Waals surface area contributed by atoms with Gasteiger partial charge in [-0.15, -0.1) is 0 Å². The molecular weight excluding hydrogens is 372 g/mol. The largest absolute Gasteiger partial charge is 0.493 e. The van der Waals surface area contributed by atoms with Gasteiger partial charge in [-0.3, -0.25) is 4.79 Å². The molecule has 1 aliphatic rings. The maximum absolute atomic E-state index is 12.0. The number of carbonyl (C=O) groups excluding carboxylic acids is 1. The monoisotopic (exact) mass is 394 g/mol.